The van der Waals surface area contributed by atoms with Gasteiger partial charge in [-0.15, -0.1) is 0 Å². The van der Waals surface area contributed by atoms with Crippen LogP contribution in [-0.4, -0.2) is 22.3 Å². The largest absolute Gasteiger partial charge is 0.477 e. The van der Waals surface area contributed by atoms with Gasteiger partial charge in [-0.05, 0) is 12.5 Å². The van der Waals surface area contributed by atoms with E-state index in [2.05, 4.69) is 10.4 Å². The smallest absolute Gasteiger partial charge is 0.258 e. The number of aromatic nitrogens is 2. The fourth-order valence-electron chi connectivity index (χ4n) is 2.32. The fraction of sp³-hybridized carbons (Fsp3) is 0.333. The third-order valence-corrected chi connectivity index (χ3v) is 3.44. The Hall–Kier alpha value is -2.30. The highest BCUT2D eigenvalue weighted by Gasteiger charge is 2.22. The van der Waals surface area contributed by atoms with E-state index >= 15 is 0 Å². The average molecular weight is 271 g/mol. The van der Waals surface area contributed by atoms with Crippen molar-refractivity contribution in [2.75, 3.05) is 6.61 Å². The zero-order valence-corrected chi connectivity index (χ0v) is 11.4. The number of hydrogen-bond donors (Lipinski definition) is 1. The summed E-state index contributed by atoms with van der Waals surface area (Å²) >= 11 is 0. The molecule has 1 amide bonds. The molecule has 1 aromatic carbocycles. The first kappa shape index (κ1) is 12.7. The lowest BCUT2D eigenvalue weighted by Crippen LogP contribution is -2.27. The van der Waals surface area contributed by atoms with Gasteiger partial charge < -0.3 is 10.1 Å². The van der Waals surface area contributed by atoms with Gasteiger partial charge in [-0.25, -0.2) is 4.68 Å². The quantitative estimate of drug-likeness (QED) is 0.930. The Kier molecular flexibility index (Phi) is 3.41. The van der Waals surface area contributed by atoms with Crippen molar-refractivity contribution in [1.29, 1.82) is 0 Å². The van der Waals surface area contributed by atoms with E-state index in [1.807, 2.05) is 37.3 Å². The van der Waals surface area contributed by atoms with E-state index < -0.39 is 0 Å². The summed E-state index contributed by atoms with van der Waals surface area (Å²) in [7, 11) is 0. The summed E-state index contributed by atoms with van der Waals surface area (Å²) in [4.78, 5) is 12.3. The zero-order chi connectivity index (χ0) is 13.9. The Labute approximate surface area is 117 Å². The van der Waals surface area contributed by atoms with Crippen LogP contribution in [0.3, 0.4) is 0 Å². The minimum Gasteiger partial charge on any atom is -0.477 e. The second-order valence-electron chi connectivity index (χ2n) is 4.89. The molecule has 0 spiro atoms. The van der Waals surface area contributed by atoms with Gasteiger partial charge in [0.25, 0.3) is 5.91 Å². The molecule has 2 heterocycles. The predicted molar refractivity (Wildman–Crippen MR) is 74.7 cm³/mol. The maximum Gasteiger partial charge on any atom is 0.258 e. The van der Waals surface area contributed by atoms with Crippen LogP contribution >= 0.6 is 0 Å². The number of fused-ring (bicyclic) bond motifs is 1. The van der Waals surface area contributed by atoms with Crippen LogP contribution in [0.2, 0.25) is 0 Å². The van der Waals surface area contributed by atoms with Crippen molar-refractivity contribution in [2.24, 2.45) is 0 Å². The maximum absolute atomic E-state index is 12.3. The number of ether oxygens (including phenoxy) is 1. The summed E-state index contributed by atoms with van der Waals surface area (Å²) in [5, 5.41) is 7.17. The summed E-state index contributed by atoms with van der Waals surface area (Å²) in [6.07, 6.45) is 2.50. The van der Waals surface area contributed by atoms with Crippen molar-refractivity contribution in [3.05, 3.63) is 47.7 Å². The van der Waals surface area contributed by atoms with E-state index in [0.29, 0.717) is 18.1 Å². The number of benzene rings is 1. The van der Waals surface area contributed by atoms with Crippen LogP contribution in [-0.2, 0) is 6.54 Å². The predicted octanol–water partition coefficient (Wildman–Crippen LogP) is 2.16. The van der Waals surface area contributed by atoms with Crippen LogP contribution in [0, 0.1) is 0 Å². The normalized spacial score (nSPS) is 15.1. The molecule has 0 saturated carbocycles. The van der Waals surface area contributed by atoms with Crippen LogP contribution in [0.5, 0.6) is 5.88 Å². The number of carbonyl (C=O) groups excluding carboxylic acids is 1. The number of amides is 1. The topological polar surface area (TPSA) is 56.2 Å². The molecule has 1 atom stereocenters. The van der Waals surface area contributed by atoms with Crippen LogP contribution in [0.15, 0.2) is 36.5 Å². The highest BCUT2D eigenvalue weighted by atomic mass is 16.5. The van der Waals surface area contributed by atoms with E-state index in [1.54, 1.807) is 10.9 Å². The molecule has 0 fully saturated rings. The number of nitrogens with one attached hydrogen (secondary N) is 1. The monoisotopic (exact) mass is 271 g/mol. The van der Waals surface area contributed by atoms with E-state index in [1.165, 1.54) is 0 Å². The standard InChI is InChI=1S/C15H17N3O2/c1-11(12-6-3-2-4-7-12)17-14(19)13-10-16-18-8-5-9-20-15(13)18/h2-4,6-7,10-11H,5,8-9H2,1H3,(H,17,19)/t11-/m0/s1. The third kappa shape index (κ3) is 2.39. The van der Waals surface area contributed by atoms with Gasteiger partial charge in [-0.2, -0.15) is 5.10 Å². The summed E-state index contributed by atoms with van der Waals surface area (Å²) < 4.78 is 7.28. The van der Waals surface area contributed by atoms with Crippen molar-refractivity contribution in [3.8, 4) is 5.88 Å². The summed E-state index contributed by atoms with van der Waals surface area (Å²) in [6.45, 7) is 3.40. The van der Waals surface area contributed by atoms with E-state index in [4.69, 9.17) is 4.74 Å². The van der Waals surface area contributed by atoms with Gasteiger partial charge in [-0.3, -0.25) is 4.79 Å². The van der Waals surface area contributed by atoms with Gasteiger partial charge >= 0.3 is 0 Å². The molecule has 0 radical (unpaired) electrons. The Bertz CT molecular complexity index is 607. The Morgan fingerprint density at radius 3 is 3.00 bits per heavy atom. The zero-order valence-electron chi connectivity index (χ0n) is 11.4. The van der Waals surface area contributed by atoms with Gasteiger partial charge in [0.2, 0.25) is 5.88 Å². The summed E-state index contributed by atoms with van der Waals surface area (Å²) in [5.41, 5.74) is 1.58. The van der Waals surface area contributed by atoms with Crippen LogP contribution in [0.4, 0.5) is 0 Å². The lowest BCUT2D eigenvalue weighted by atomic mass is 10.1. The molecule has 1 aliphatic heterocycles. The van der Waals surface area contributed by atoms with Crippen molar-refractivity contribution in [2.45, 2.75) is 25.9 Å². The van der Waals surface area contributed by atoms with Gasteiger partial charge in [0, 0.05) is 13.0 Å². The van der Waals surface area contributed by atoms with E-state index in [-0.39, 0.29) is 11.9 Å². The van der Waals surface area contributed by atoms with Crippen molar-refractivity contribution in [3.63, 3.8) is 0 Å². The molecular weight excluding hydrogens is 254 g/mol. The van der Waals surface area contributed by atoms with Crippen molar-refractivity contribution < 1.29 is 9.53 Å². The first-order chi connectivity index (χ1) is 9.75. The van der Waals surface area contributed by atoms with Crippen molar-refractivity contribution in [1.82, 2.24) is 15.1 Å². The third-order valence-electron chi connectivity index (χ3n) is 3.44. The molecule has 104 valence electrons. The molecule has 2 aromatic rings. The molecule has 0 saturated heterocycles. The molecule has 5 nitrogen and oxygen atoms in total. The van der Waals surface area contributed by atoms with Crippen LogP contribution in [0.1, 0.15) is 35.3 Å². The van der Waals surface area contributed by atoms with Gasteiger partial charge in [-0.1, -0.05) is 30.3 Å². The van der Waals surface area contributed by atoms with Gasteiger partial charge in [0.1, 0.15) is 5.56 Å². The SMILES string of the molecule is C[C@H](NC(=O)c1cnn2c1OCCC2)c1ccccc1. The van der Waals surface area contributed by atoms with Crippen molar-refractivity contribution >= 4 is 5.91 Å². The number of nitrogens with zero attached hydrogens (tertiary/aromatic N) is 2. The average Bonchev–Trinajstić information content (AvgIpc) is 2.92. The lowest BCUT2D eigenvalue weighted by molar-refractivity contribution is 0.0933. The second-order valence-corrected chi connectivity index (χ2v) is 4.89. The number of hydrogen-bond acceptors (Lipinski definition) is 3. The molecule has 0 unspecified atom stereocenters. The minimum atomic E-state index is -0.149. The molecule has 3 rings (SSSR count). The molecular formula is C15H17N3O2. The number of aryl methyl sites for hydroxylation is 1. The Morgan fingerprint density at radius 2 is 2.20 bits per heavy atom. The molecule has 1 aromatic heterocycles. The summed E-state index contributed by atoms with van der Waals surface area (Å²) in [6, 6.07) is 9.82. The highest BCUT2D eigenvalue weighted by Crippen LogP contribution is 2.23. The number of carbonyl (C=O) groups is 1. The fourth-order valence-corrected chi connectivity index (χ4v) is 2.32. The second kappa shape index (κ2) is 5.36. The molecule has 1 N–H and O–H groups in total. The highest BCUT2D eigenvalue weighted by molar-refractivity contribution is 5.96. The first-order valence-electron chi connectivity index (χ1n) is 6.80. The molecule has 5 heteroatoms. The van der Waals surface area contributed by atoms with Gasteiger partial charge in [0.05, 0.1) is 18.8 Å². The van der Waals surface area contributed by atoms with E-state index in [0.717, 1.165) is 18.5 Å². The summed E-state index contributed by atoms with van der Waals surface area (Å²) in [5.74, 6) is 0.429. The minimum absolute atomic E-state index is 0.0529. The van der Waals surface area contributed by atoms with Crippen LogP contribution < -0.4 is 10.1 Å². The molecule has 20 heavy (non-hydrogen) atoms. The van der Waals surface area contributed by atoms with E-state index in [9.17, 15) is 4.79 Å². The Balaban J connectivity index is 1.75. The van der Waals surface area contributed by atoms with Gasteiger partial charge in [0.15, 0.2) is 0 Å². The molecule has 0 aliphatic carbocycles. The molecule has 0 bridgehead atoms. The molecule has 1 aliphatic rings. The Morgan fingerprint density at radius 1 is 1.40 bits per heavy atom. The van der Waals surface area contributed by atoms with Crippen LogP contribution in [0.25, 0.3) is 0 Å². The lowest BCUT2D eigenvalue weighted by Gasteiger charge is -2.17. The first-order valence-corrected chi connectivity index (χ1v) is 6.80. The number of rotatable bonds is 3. The maximum atomic E-state index is 12.3.